The molecule has 1 aromatic carbocycles. The molecule has 1 aromatic rings. The van der Waals surface area contributed by atoms with Gasteiger partial charge in [0.2, 0.25) is 0 Å². The number of nitrogens with one attached hydrogen (secondary N) is 1. The second-order valence-corrected chi connectivity index (χ2v) is 6.34. The Kier molecular flexibility index (Phi) is 3.56. The minimum absolute atomic E-state index is 0.701. The van der Waals surface area contributed by atoms with Crippen LogP contribution in [0.1, 0.15) is 25.7 Å². The van der Waals surface area contributed by atoms with Crippen molar-refractivity contribution < 1.29 is 0 Å². The predicted octanol–water partition coefficient (Wildman–Crippen LogP) is 3.01. The number of halogens is 1. The molecule has 0 aromatic heterocycles. The first kappa shape index (κ1) is 11.8. The number of hydrogen-bond donors (Lipinski definition) is 1. The van der Waals surface area contributed by atoms with Crippen LogP contribution in [0.25, 0.3) is 0 Å². The number of anilines is 1. The standard InChI is InChI=1S/C14H19IN2/c15-13-5-1-2-6-14(13)17-9-3-4-12(10-17)16-11-7-8-11/h1-2,5-6,11-12,16H,3-4,7-10H2. The topological polar surface area (TPSA) is 15.3 Å². The highest BCUT2D eigenvalue weighted by atomic mass is 127. The summed E-state index contributed by atoms with van der Waals surface area (Å²) >= 11 is 2.45. The van der Waals surface area contributed by atoms with E-state index in [9.17, 15) is 0 Å². The van der Waals surface area contributed by atoms with Gasteiger partial charge < -0.3 is 10.2 Å². The Balaban J connectivity index is 1.68. The molecule has 1 aliphatic carbocycles. The lowest BCUT2D eigenvalue weighted by Gasteiger charge is -2.35. The molecule has 17 heavy (non-hydrogen) atoms. The average molecular weight is 342 g/mol. The van der Waals surface area contributed by atoms with Gasteiger partial charge in [-0.2, -0.15) is 0 Å². The van der Waals surface area contributed by atoms with Crippen molar-refractivity contribution in [2.24, 2.45) is 0 Å². The summed E-state index contributed by atoms with van der Waals surface area (Å²) in [6.07, 6.45) is 5.44. The third-order valence-corrected chi connectivity index (χ3v) is 4.58. The van der Waals surface area contributed by atoms with E-state index >= 15 is 0 Å². The smallest absolute Gasteiger partial charge is 0.0502 e. The van der Waals surface area contributed by atoms with Crippen LogP contribution in [0.3, 0.4) is 0 Å². The largest absolute Gasteiger partial charge is 0.369 e. The van der Waals surface area contributed by atoms with Crippen molar-refractivity contribution in [3.8, 4) is 0 Å². The molecule has 1 N–H and O–H groups in total. The first-order chi connectivity index (χ1) is 8.33. The molecule has 1 saturated heterocycles. The second kappa shape index (κ2) is 5.14. The molecule has 0 bridgehead atoms. The van der Waals surface area contributed by atoms with Gasteiger partial charge in [0.05, 0.1) is 5.69 Å². The van der Waals surface area contributed by atoms with E-state index in [0.29, 0.717) is 6.04 Å². The zero-order valence-corrected chi connectivity index (χ0v) is 12.2. The number of hydrogen-bond acceptors (Lipinski definition) is 2. The van der Waals surface area contributed by atoms with Gasteiger partial charge in [0.25, 0.3) is 0 Å². The average Bonchev–Trinajstić information content (AvgIpc) is 3.14. The monoisotopic (exact) mass is 342 g/mol. The number of nitrogens with zero attached hydrogens (tertiary/aromatic N) is 1. The zero-order chi connectivity index (χ0) is 11.7. The van der Waals surface area contributed by atoms with Crippen LogP contribution in [-0.2, 0) is 0 Å². The number of benzene rings is 1. The molecule has 1 heterocycles. The van der Waals surface area contributed by atoms with Gasteiger partial charge in [0.1, 0.15) is 0 Å². The predicted molar refractivity (Wildman–Crippen MR) is 80.6 cm³/mol. The van der Waals surface area contributed by atoms with Gasteiger partial charge in [-0.3, -0.25) is 0 Å². The highest BCUT2D eigenvalue weighted by Crippen LogP contribution is 2.27. The summed E-state index contributed by atoms with van der Waals surface area (Å²) in [5, 5.41) is 3.77. The molecule has 0 radical (unpaired) electrons. The summed E-state index contributed by atoms with van der Waals surface area (Å²) in [6, 6.07) is 10.3. The molecule has 3 rings (SSSR count). The SMILES string of the molecule is Ic1ccccc1N1CCCC(NC2CC2)C1. The van der Waals surface area contributed by atoms with Crippen LogP contribution in [0.15, 0.2) is 24.3 Å². The molecule has 3 heteroatoms. The number of para-hydroxylation sites is 1. The van der Waals surface area contributed by atoms with Gasteiger partial charge >= 0.3 is 0 Å². The van der Waals surface area contributed by atoms with Gasteiger partial charge in [0.15, 0.2) is 0 Å². The van der Waals surface area contributed by atoms with Crippen molar-refractivity contribution in [2.45, 2.75) is 37.8 Å². The quantitative estimate of drug-likeness (QED) is 0.850. The summed E-state index contributed by atoms with van der Waals surface area (Å²) in [6.45, 7) is 2.39. The maximum absolute atomic E-state index is 3.77. The van der Waals surface area contributed by atoms with Crippen LogP contribution in [0.2, 0.25) is 0 Å². The number of piperidine rings is 1. The molecule has 2 nitrogen and oxygen atoms in total. The van der Waals surface area contributed by atoms with Crippen molar-refractivity contribution in [3.05, 3.63) is 27.8 Å². The van der Waals surface area contributed by atoms with Crippen molar-refractivity contribution in [1.29, 1.82) is 0 Å². The molecule has 1 saturated carbocycles. The van der Waals surface area contributed by atoms with Gasteiger partial charge in [-0.25, -0.2) is 0 Å². The maximum Gasteiger partial charge on any atom is 0.0502 e. The third-order valence-electron chi connectivity index (χ3n) is 3.66. The van der Waals surface area contributed by atoms with Crippen molar-refractivity contribution >= 4 is 28.3 Å². The summed E-state index contributed by atoms with van der Waals surface area (Å²) in [4.78, 5) is 2.55. The van der Waals surface area contributed by atoms with Crippen molar-refractivity contribution in [2.75, 3.05) is 18.0 Å². The zero-order valence-electron chi connectivity index (χ0n) is 10.0. The van der Waals surface area contributed by atoms with Crippen LogP contribution in [-0.4, -0.2) is 25.2 Å². The fourth-order valence-corrected chi connectivity index (χ4v) is 3.35. The Morgan fingerprint density at radius 2 is 1.94 bits per heavy atom. The first-order valence-corrected chi connectivity index (χ1v) is 7.66. The van der Waals surface area contributed by atoms with Crippen molar-refractivity contribution in [1.82, 2.24) is 5.32 Å². The molecule has 1 atom stereocenters. The highest BCUT2D eigenvalue weighted by Gasteiger charge is 2.27. The Hall–Kier alpha value is -0.290. The maximum atomic E-state index is 3.77. The fraction of sp³-hybridized carbons (Fsp3) is 0.571. The van der Waals surface area contributed by atoms with Gasteiger partial charge in [-0.1, -0.05) is 12.1 Å². The van der Waals surface area contributed by atoms with Crippen LogP contribution in [0, 0.1) is 3.57 Å². The van der Waals surface area contributed by atoms with E-state index in [1.165, 1.54) is 48.0 Å². The molecule has 1 aliphatic heterocycles. The minimum Gasteiger partial charge on any atom is -0.369 e. The Morgan fingerprint density at radius 3 is 2.71 bits per heavy atom. The summed E-state index contributed by atoms with van der Waals surface area (Å²) in [5.74, 6) is 0. The Bertz CT molecular complexity index is 390. The van der Waals surface area contributed by atoms with E-state index in [0.717, 1.165) is 6.04 Å². The van der Waals surface area contributed by atoms with Crippen LogP contribution >= 0.6 is 22.6 Å². The Morgan fingerprint density at radius 1 is 1.12 bits per heavy atom. The van der Waals surface area contributed by atoms with Gasteiger partial charge in [-0.15, -0.1) is 0 Å². The minimum atomic E-state index is 0.701. The molecular formula is C14H19IN2. The van der Waals surface area contributed by atoms with Crippen LogP contribution in [0.5, 0.6) is 0 Å². The first-order valence-electron chi connectivity index (χ1n) is 6.58. The summed E-state index contributed by atoms with van der Waals surface area (Å²) in [7, 11) is 0. The third kappa shape index (κ3) is 2.94. The van der Waals surface area contributed by atoms with E-state index in [1.54, 1.807) is 0 Å². The molecule has 2 aliphatic rings. The van der Waals surface area contributed by atoms with E-state index < -0.39 is 0 Å². The lowest BCUT2D eigenvalue weighted by molar-refractivity contribution is 0.420. The van der Waals surface area contributed by atoms with E-state index in [2.05, 4.69) is 57.1 Å². The molecule has 0 spiro atoms. The fourth-order valence-electron chi connectivity index (χ4n) is 2.62. The van der Waals surface area contributed by atoms with E-state index in [1.807, 2.05) is 0 Å². The molecule has 2 fully saturated rings. The Labute approximate surface area is 117 Å². The normalized spacial score (nSPS) is 25.0. The lowest BCUT2D eigenvalue weighted by atomic mass is 10.0. The highest BCUT2D eigenvalue weighted by molar-refractivity contribution is 14.1. The molecule has 0 amide bonds. The molecule has 1 unspecified atom stereocenters. The van der Waals surface area contributed by atoms with Crippen LogP contribution in [0.4, 0.5) is 5.69 Å². The summed E-state index contributed by atoms with van der Waals surface area (Å²) < 4.78 is 1.37. The number of rotatable bonds is 3. The van der Waals surface area contributed by atoms with E-state index in [4.69, 9.17) is 0 Å². The summed E-state index contributed by atoms with van der Waals surface area (Å²) in [5.41, 5.74) is 1.41. The molecule has 92 valence electrons. The van der Waals surface area contributed by atoms with Crippen molar-refractivity contribution in [3.63, 3.8) is 0 Å². The lowest BCUT2D eigenvalue weighted by Crippen LogP contribution is -2.46. The molecular weight excluding hydrogens is 323 g/mol. The van der Waals surface area contributed by atoms with Gasteiger partial charge in [0, 0.05) is 28.7 Å². The van der Waals surface area contributed by atoms with Gasteiger partial charge in [-0.05, 0) is 60.4 Å². The van der Waals surface area contributed by atoms with Crippen LogP contribution < -0.4 is 10.2 Å². The van der Waals surface area contributed by atoms with E-state index in [-0.39, 0.29) is 0 Å². The second-order valence-electron chi connectivity index (χ2n) is 5.18.